The summed E-state index contributed by atoms with van der Waals surface area (Å²) < 4.78 is 0. The zero-order chi connectivity index (χ0) is 13.0. The van der Waals surface area contributed by atoms with Gasteiger partial charge in [-0.2, -0.15) is 0 Å². The van der Waals surface area contributed by atoms with Crippen LogP contribution in [-0.4, -0.2) is 0 Å². The van der Waals surface area contributed by atoms with Crippen LogP contribution < -0.4 is 0 Å². The summed E-state index contributed by atoms with van der Waals surface area (Å²) in [5.74, 6) is 0.697. The van der Waals surface area contributed by atoms with E-state index >= 15 is 0 Å². The summed E-state index contributed by atoms with van der Waals surface area (Å²) >= 11 is 0. The molecular weight excluding hydrogens is 228 g/mol. The van der Waals surface area contributed by atoms with Gasteiger partial charge in [-0.3, -0.25) is 0 Å². The first-order valence-electron chi connectivity index (χ1n) is 7.41. The largest absolute Gasteiger partial charge is 0.0619 e. The first-order valence-corrected chi connectivity index (χ1v) is 7.41. The molecule has 0 N–H and O–H groups in total. The van der Waals surface area contributed by atoms with Crippen molar-refractivity contribution in [3.8, 4) is 11.1 Å². The third-order valence-electron chi connectivity index (χ3n) is 5.27. The van der Waals surface area contributed by atoms with Gasteiger partial charge in [0.05, 0.1) is 0 Å². The second-order valence-corrected chi connectivity index (χ2v) is 6.59. The van der Waals surface area contributed by atoms with Crippen molar-refractivity contribution < 1.29 is 0 Å². The fourth-order valence-electron chi connectivity index (χ4n) is 4.31. The first-order chi connectivity index (χ1) is 9.19. The van der Waals surface area contributed by atoms with Crippen LogP contribution in [0.15, 0.2) is 42.5 Å². The van der Waals surface area contributed by atoms with Gasteiger partial charge in [-0.1, -0.05) is 56.3 Å². The maximum absolute atomic E-state index is 2.43. The van der Waals surface area contributed by atoms with Crippen molar-refractivity contribution in [2.45, 2.75) is 44.4 Å². The van der Waals surface area contributed by atoms with Crippen LogP contribution in [0, 0.1) is 0 Å². The molecule has 96 valence electrons. The lowest BCUT2D eigenvalue weighted by molar-refractivity contribution is 0.363. The normalized spacial score (nSPS) is 22.5. The monoisotopic (exact) mass is 248 g/mol. The van der Waals surface area contributed by atoms with Crippen LogP contribution in [0.3, 0.4) is 0 Å². The standard InChI is InChI=1S/C19H20/c1-19(2)16-11-4-3-9-14(16)15-10-5-7-13-8-6-12-17(19)18(13)15/h3-5,7,9-11,17H,6,8,12H2,1-2H3. The average Bonchev–Trinajstić information content (AvgIpc) is 2.45. The lowest BCUT2D eigenvalue weighted by Gasteiger charge is -2.45. The van der Waals surface area contributed by atoms with E-state index < -0.39 is 0 Å². The summed E-state index contributed by atoms with van der Waals surface area (Å²) in [4.78, 5) is 0. The maximum Gasteiger partial charge on any atom is -0.00285 e. The number of aryl methyl sites for hydroxylation is 1. The molecule has 0 bridgehead atoms. The molecule has 2 aromatic rings. The van der Waals surface area contributed by atoms with E-state index in [1.165, 1.54) is 36.0 Å². The number of hydrogen-bond acceptors (Lipinski definition) is 0. The van der Waals surface area contributed by atoms with Crippen molar-refractivity contribution in [3.05, 3.63) is 59.2 Å². The third-order valence-corrected chi connectivity index (χ3v) is 5.27. The van der Waals surface area contributed by atoms with Crippen molar-refractivity contribution >= 4 is 0 Å². The number of hydrogen-bond donors (Lipinski definition) is 0. The van der Waals surface area contributed by atoms with Crippen LogP contribution in [0.2, 0.25) is 0 Å². The Balaban J connectivity index is 2.11. The molecule has 2 aliphatic rings. The van der Waals surface area contributed by atoms with E-state index in [4.69, 9.17) is 0 Å². The fraction of sp³-hybridized carbons (Fsp3) is 0.368. The zero-order valence-electron chi connectivity index (χ0n) is 11.7. The molecular formula is C19H20. The van der Waals surface area contributed by atoms with Gasteiger partial charge in [-0.05, 0) is 58.4 Å². The minimum Gasteiger partial charge on any atom is -0.0619 e. The summed E-state index contributed by atoms with van der Waals surface area (Å²) in [6.45, 7) is 4.86. The van der Waals surface area contributed by atoms with Crippen molar-refractivity contribution in [1.82, 2.24) is 0 Å². The molecule has 1 unspecified atom stereocenters. The van der Waals surface area contributed by atoms with E-state index in [2.05, 4.69) is 56.3 Å². The summed E-state index contributed by atoms with van der Waals surface area (Å²) in [6.07, 6.45) is 3.94. The molecule has 19 heavy (non-hydrogen) atoms. The second kappa shape index (κ2) is 3.72. The minimum atomic E-state index is 0.264. The van der Waals surface area contributed by atoms with E-state index in [1.807, 2.05) is 0 Å². The molecule has 0 spiro atoms. The Bertz CT molecular complexity index is 649. The van der Waals surface area contributed by atoms with Crippen molar-refractivity contribution in [1.29, 1.82) is 0 Å². The Morgan fingerprint density at radius 2 is 1.74 bits per heavy atom. The molecule has 0 heteroatoms. The fourth-order valence-corrected chi connectivity index (χ4v) is 4.31. The van der Waals surface area contributed by atoms with Crippen LogP contribution in [0.1, 0.15) is 49.3 Å². The van der Waals surface area contributed by atoms with Crippen LogP contribution in [0.25, 0.3) is 11.1 Å². The Hall–Kier alpha value is -1.56. The van der Waals surface area contributed by atoms with Crippen molar-refractivity contribution in [3.63, 3.8) is 0 Å². The van der Waals surface area contributed by atoms with Gasteiger partial charge in [0.2, 0.25) is 0 Å². The van der Waals surface area contributed by atoms with Gasteiger partial charge in [-0.25, -0.2) is 0 Å². The molecule has 0 nitrogen and oxygen atoms in total. The molecule has 0 aliphatic heterocycles. The summed E-state index contributed by atoms with van der Waals surface area (Å²) in [7, 11) is 0. The topological polar surface area (TPSA) is 0 Å². The van der Waals surface area contributed by atoms with Gasteiger partial charge < -0.3 is 0 Å². The molecule has 0 saturated carbocycles. The second-order valence-electron chi connectivity index (χ2n) is 6.59. The predicted molar refractivity (Wildman–Crippen MR) is 80.6 cm³/mol. The highest BCUT2D eigenvalue weighted by molar-refractivity contribution is 5.77. The highest BCUT2D eigenvalue weighted by atomic mass is 14.4. The van der Waals surface area contributed by atoms with Gasteiger partial charge in [0.25, 0.3) is 0 Å². The summed E-state index contributed by atoms with van der Waals surface area (Å²) in [5.41, 5.74) is 8.00. The molecule has 2 aliphatic carbocycles. The van der Waals surface area contributed by atoms with E-state index in [0.717, 1.165) is 0 Å². The van der Waals surface area contributed by atoms with Gasteiger partial charge in [-0.15, -0.1) is 0 Å². The summed E-state index contributed by atoms with van der Waals surface area (Å²) in [6, 6.07) is 15.9. The maximum atomic E-state index is 2.43. The number of fused-ring (bicyclic) bond motifs is 2. The zero-order valence-corrected chi connectivity index (χ0v) is 11.7. The van der Waals surface area contributed by atoms with Crippen LogP contribution in [-0.2, 0) is 11.8 Å². The SMILES string of the molecule is CC1(C)c2ccccc2-c2cccc3c2C1CCC3. The van der Waals surface area contributed by atoms with Crippen LogP contribution >= 0.6 is 0 Å². The average molecular weight is 248 g/mol. The minimum absolute atomic E-state index is 0.264. The van der Waals surface area contributed by atoms with Gasteiger partial charge in [0.1, 0.15) is 0 Å². The van der Waals surface area contributed by atoms with Crippen LogP contribution in [0.4, 0.5) is 0 Å². The van der Waals surface area contributed by atoms with Gasteiger partial charge >= 0.3 is 0 Å². The summed E-state index contributed by atoms with van der Waals surface area (Å²) in [5, 5.41) is 0. The molecule has 0 fully saturated rings. The predicted octanol–water partition coefficient (Wildman–Crippen LogP) is 5.06. The van der Waals surface area contributed by atoms with Gasteiger partial charge in [0, 0.05) is 0 Å². The molecule has 0 aromatic heterocycles. The smallest absolute Gasteiger partial charge is 0.00285 e. The molecule has 4 rings (SSSR count). The van der Waals surface area contributed by atoms with Crippen LogP contribution in [0.5, 0.6) is 0 Å². The van der Waals surface area contributed by atoms with E-state index in [-0.39, 0.29) is 5.41 Å². The quantitative estimate of drug-likeness (QED) is 0.611. The first kappa shape index (κ1) is 11.3. The third kappa shape index (κ3) is 1.40. The highest BCUT2D eigenvalue weighted by Gasteiger charge is 2.41. The molecule has 1 atom stereocenters. The van der Waals surface area contributed by atoms with Crippen molar-refractivity contribution in [2.24, 2.45) is 0 Å². The lowest BCUT2D eigenvalue weighted by atomic mass is 9.59. The Kier molecular flexibility index (Phi) is 2.21. The Morgan fingerprint density at radius 3 is 2.63 bits per heavy atom. The number of benzene rings is 2. The number of rotatable bonds is 0. The molecule has 0 radical (unpaired) electrons. The highest BCUT2D eigenvalue weighted by Crippen LogP contribution is 2.54. The van der Waals surface area contributed by atoms with E-state index in [9.17, 15) is 0 Å². The molecule has 0 amide bonds. The van der Waals surface area contributed by atoms with E-state index in [1.54, 1.807) is 11.1 Å². The Morgan fingerprint density at radius 1 is 0.947 bits per heavy atom. The van der Waals surface area contributed by atoms with Crippen molar-refractivity contribution in [2.75, 3.05) is 0 Å². The molecule has 0 heterocycles. The Labute approximate surface area is 115 Å². The molecule has 2 aromatic carbocycles. The molecule has 0 saturated heterocycles. The lowest BCUT2D eigenvalue weighted by Crippen LogP contribution is -2.33. The van der Waals surface area contributed by atoms with E-state index in [0.29, 0.717) is 5.92 Å². The van der Waals surface area contributed by atoms with Gasteiger partial charge in [0.15, 0.2) is 0 Å².